The van der Waals surface area contributed by atoms with Crippen molar-refractivity contribution in [3.05, 3.63) is 48.0 Å². The Labute approximate surface area is 164 Å². The lowest BCUT2D eigenvalue weighted by Crippen LogP contribution is -2.33. The molecule has 2 aromatic carbocycles. The average Bonchev–Trinajstić information content (AvgIpc) is 2.67. The highest BCUT2D eigenvalue weighted by atomic mass is 32.2. The predicted molar refractivity (Wildman–Crippen MR) is 108 cm³/mol. The van der Waals surface area contributed by atoms with Gasteiger partial charge in [-0.2, -0.15) is 0 Å². The van der Waals surface area contributed by atoms with Gasteiger partial charge in [-0.25, -0.2) is 8.78 Å². The molecule has 144 valence electrons. The highest BCUT2D eigenvalue weighted by Crippen LogP contribution is 2.49. The van der Waals surface area contributed by atoms with Gasteiger partial charge < -0.3 is 9.80 Å². The van der Waals surface area contributed by atoms with Crippen LogP contribution in [0.1, 0.15) is 38.2 Å². The fourth-order valence-corrected chi connectivity index (χ4v) is 5.05. The van der Waals surface area contributed by atoms with E-state index in [1.807, 2.05) is 18.2 Å². The van der Waals surface area contributed by atoms with E-state index in [2.05, 4.69) is 21.9 Å². The van der Waals surface area contributed by atoms with Gasteiger partial charge in [0.05, 0.1) is 11.4 Å². The zero-order valence-corrected chi connectivity index (χ0v) is 16.6. The summed E-state index contributed by atoms with van der Waals surface area (Å²) in [5.41, 5.74) is 2.13. The van der Waals surface area contributed by atoms with Crippen molar-refractivity contribution in [2.24, 2.45) is 0 Å². The van der Waals surface area contributed by atoms with Gasteiger partial charge in [0.15, 0.2) is 0 Å². The van der Waals surface area contributed by atoms with Gasteiger partial charge in [-0.3, -0.25) is 0 Å². The summed E-state index contributed by atoms with van der Waals surface area (Å²) in [6, 6.07) is 13.4. The molecule has 1 saturated heterocycles. The van der Waals surface area contributed by atoms with Crippen molar-refractivity contribution >= 4 is 23.1 Å². The molecule has 0 unspecified atom stereocenters. The molecule has 0 spiro atoms. The second kappa shape index (κ2) is 7.80. The Bertz CT molecular complexity index is 797. The minimum atomic E-state index is -2.82. The predicted octanol–water partition coefficient (Wildman–Crippen LogP) is 6.28. The normalized spacial score (nSPS) is 17.5. The molecule has 0 atom stereocenters. The largest absolute Gasteiger partial charge is 0.340 e. The van der Waals surface area contributed by atoms with Gasteiger partial charge in [0.1, 0.15) is 0 Å². The molecule has 0 saturated carbocycles. The first kappa shape index (κ1) is 18.8. The van der Waals surface area contributed by atoms with E-state index in [9.17, 15) is 8.78 Å². The minimum Gasteiger partial charge on any atom is -0.340 e. The maximum absolute atomic E-state index is 13.9. The summed E-state index contributed by atoms with van der Waals surface area (Å²) >= 11 is 1.67. The van der Waals surface area contributed by atoms with Crippen molar-refractivity contribution < 1.29 is 8.78 Å². The van der Waals surface area contributed by atoms with Crippen LogP contribution in [0.3, 0.4) is 0 Å². The molecule has 0 N–H and O–H groups in total. The molecule has 0 bridgehead atoms. The fourth-order valence-electron chi connectivity index (χ4n) is 3.98. The third kappa shape index (κ3) is 4.14. The van der Waals surface area contributed by atoms with Crippen LogP contribution in [0.5, 0.6) is 0 Å². The van der Waals surface area contributed by atoms with Crippen LogP contribution in [0.2, 0.25) is 0 Å². The van der Waals surface area contributed by atoms with Gasteiger partial charge in [-0.1, -0.05) is 36.4 Å². The van der Waals surface area contributed by atoms with Crippen LogP contribution < -0.4 is 4.90 Å². The topological polar surface area (TPSA) is 6.48 Å². The number of para-hydroxylation sites is 1. The molecule has 2 aliphatic heterocycles. The molecule has 1 fully saturated rings. The number of rotatable bonds is 5. The Morgan fingerprint density at radius 1 is 0.926 bits per heavy atom. The lowest BCUT2D eigenvalue weighted by atomic mass is 10.1. The zero-order chi connectivity index (χ0) is 18.9. The molecular weight excluding hydrogens is 362 g/mol. The first-order chi connectivity index (χ1) is 13.0. The third-order valence-electron chi connectivity index (χ3n) is 5.44. The van der Waals surface area contributed by atoms with Crippen molar-refractivity contribution in [2.45, 2.75) is 48.3 Å². The highest BCUT2D eigenvalue weighted by molar-refractivity contribution is 7.99. The second-order valence-electron chi connectivity index (χ2n) is 7.55. The van der Waals surface area contributed by atoms with Gasteiger partial charge in [0, 0.05) is 28.8 Å². The fraction of sp³-hybridized carbons (Fsp3) is 0.455. The van der Waals surface area contributed by atoms with E-state index in [0.717, 1.165) is 42.7 Å². The zero-order valence-electron chi connectivity index (χ0n) is 15.8. The van der Waals surface area contributed by atoms with Crippen LogP contribution in [-0.4, -0.2) is 31.1 Å². The Morgan fingerprint density at radius 2 is 1.67 bits per heavy atom. The summed E-state index contributed by atoms with van der Waals surface area (Å²) in [6.45, 7) is 5.27. The number of hydrogen-bond acceptors (Lipinski definition) is 3. The van der Waals surface area contributed by atoms with E-state index in [1.165, 1.54) is 37.2 Å². The molecule has 5 heteroatoms. The molecular formula is C22H26F2N2S. The molecule has 2 nitrogen and oxygen atoms in total. The van der Waals surface area contributed by atoms with E-state index in [1.54, 1.807) is 23.9 Å². The monoisotopic (exact) mass is 388 g/mol. The summed E-state index contributed by atoms with van der Waals surface area (Å²) in [4.78, 5) is 7.02. The first-order valence-electron chi connectivity index (χ1n) is 9.81. The number of nitrogens with zero attached hydrogens (tertiary/aromatic N) is 2. The Morgan fingerprint density at radius 3 is 2.44 bits per heavy atom. The number of halogens is 2. The van der Waals surface area contributed by atoms with Gasteiger partial charge in [0.25, 0.3) is 5.92 Å². The van der Waals surface area contributed by atoms with Gasteiger partial charge in [0.2, 0.25) is 0 Å². The molecule has 2 aliphatic rings. The quantitative estimate of drug-likeness (QED) is 0.595. The number of anilines is 2. The molecule has 0 aromatic heterocycles. The molecule has 0 aliphatic carbocycles. The lowest BCUT2D eigenvalue weighted by Gasteiger charge is -2.34. The summed E-state index contributed by atoms with van der Waals surface area (Å²) in [5.74, 6) is -2.82. The SMILES string of the molecule is CC(F)(F)c1ccc2c(c1)N(CCCN1CCCCC1)c1ccccc1S2. The maximum Gasteiger partial charge on any atom is 0.270 e. The highest BCUT2D eigenvalue weighted by Gasteiger charge is 2.29. The van der Waals surface area contributed by atoms with Gasteiger partial charge in [-0.15, -0.1) is 0 Å². The number of benzene rings is 2. The number of alkyl halides is 2. The summed E-state index contributed by atoms with van der Waals surface area (Å²) in [6.07, 6.45) is 4.96. The molecule has 0 radical (unpaired) electrons. The van der Waals surface area contributed by atoms with Crippen molar-refractivity contribution in [3.63, 3.8) is 0 Å². The first-order valence-corrected chi connectivity index (χ1v) is 10.6. The smallest absolute Gasteiger partial charge is 0.270 e. The van der Waals surface area contributed by atoms with E-state index < -0.39 is 5.92 Å². The van der Waals surface area contributed by atoms with Crippen molar-refractivity contribution in [1.82, 2.24) is 4.90 Å². The molecule has 4 rings (SSSR count). The maximum atomic E-state index is 13.9. The van der Waals surface area contributed by atoms with Crippen LogP contribution in [0.25, 0.3) is 0 Å². The Balaban J connectivity index is 1.59. The number of fused-ring (bicyclic) bond motifs is 2. The third-order valence-corrected chi connectivity index (χ3v) is 6.57. The minimum absolute atomic E-state index is 0.0854. The lowest BCUT2D eigenvalue weighted by molar-refractivity contribution is 0.0174. The van der Waals surface area contributed by atoms with Gasteiger partial charge in [-0.05, 0) is 63.2 Å². The Kier molecular flexibility index (Phi) is 5.42. The molecule has 2 heterocycles. The Hall–Kier alpha value is -1.59. The van der Waals surface area contributed by atoms with Gasteiger partial charge >= 0.3 is 0 Å². The van der Waals surface area contributed by atoms with Crippen LogP contribution >= 0.6 is 11.8 Å². The van der Waals surface area contributed by atoms with Crippen LogP contribution in [0.15, 0.2) is 52.3 Å². The van der Waals surface area contributed by atoms with E-state index in [0.29, 0.717) is 0 Å². The number of hydrogen-bond donors (Lipinski definition) is 0. The summed E-state index contributed by atoms with van der Waals surface area (Å²) in [7, 11) is 0. The van der Waals surface area contributed by atoms with Crippen molar-refractivity contribution in [2.75, 3.05) is 31.1 Å². The molecule has 0 amide bonds. The molecule has 2 aromatic rings. The second-order valence-corrected chi connectivity index (χ2v) is 8.63. The summed E-state index contributed by atoms with van der Waals surface area (Å²) < 4.78 is 27.8. The van der Waals surface area contributed by atoms with E-state index >= 15 is 0 Å². The standard InChI is InChI=1S/C22H26F2N2S/c1-22(23,24)17-10-11-21-19(16-17)26(18-8-3-4-9-20(18)27-21)15-7-14-25-12-5-2-6-13-25/h3-4,8-11,16H,2,5-7,12-15H2,1H3. The number of piperidine rings is 1. The van der Waals surface area contributed by atoms with E-state index in [-0.39, 0.29) is 5.56 Å². The van der Waals surface area contributed by atoms with Crippen LogP contribution in [-0.2, 0) is 5.92 Å². The summed E-state index contributed by atoms with van der Waals surface area (Å²) in [5, 5.41) is 0. The van der Waals surface area contributed by atoms with Crippen molar-refractivity contribution in [1.29, 1.82) is 0 Å². The molecule has 27 heavy (non-hydrogen) atoms. The van der Waals surface area contributed by atoms with E-state index in [4.69, 9.17) is 0 Å². The van der Waals surface area contributed by atoms with Crippen LogP contribution in [0.4, 0.5) is 20.2 Å². The van der Waals surface area contributed by atoms with Crippen LogP contribution in [0, 0.1) is 0 Å². The van der Waals surface area contributed by atoms with Crippen molar-refractivity contribution in [3.8, 4) is 0 Å². The average molecular weight is 389 g/mol. The number of likely N-dealkylation sites (tertiary alicyclic amines) is 1.